The largest absolute Gasteiger partial charge is 0.309 e. The second-order valence-electron chi connectivity index (χ2n) is 15.3. The van der Waals surface area contributed by atoms with Gasteiger partial charge in [0.2, 0.25) is 0 Å². The molecule has 0 aliphatic heterocycles. The van der Waals surface area contributed by atoms with Crippen molar-refractivity contribution in [2.75, 3.05) is 0 Å². The molecule has 0 amide bonds. The van der Waals surface area contributed by atoms with Gasteiger partial charge in [0.1, 0.15) is 0 Å². The van der Waals surface area contributed by atoms with Gasteiger partial charge in [0.25, 0.3) is 0 Å². The van der Waals surface area contributed by atoms with Gasteiger partial charge in [0.15, 0.2) is 0 Å². The van der Waals surface area contributed by atoms with E-state index in [0.717, 1.165) is 22.7 Å². The summed E-state index contributed by atoms with van der Waals surface area (Å²) >= 11 is 0. The number of hydrogen-bond donors (Lipinski definition) is 0. The Labute approximate surface area is 333 Å². The highest BCUT2D eigenvalue weighted by atomic mass is 15.1. The fourth-order valence-electron chi connectivity index (χ4n) is 9.96. The van der Waals surface area contributed by atoms with E-state index in [0.29, 0.717) is 0 Å². The molecule has 0 aliphatic carbocycles. The highest BCUT2D eigenvalue weighted by Crippen LogP contribution is 2.42. The third kappa shape index (κ3) is 4.23. The molecular formula is C54H34N4. The first-order valence-corrected chi connectivity index (χ1v) is 20.0. The predicted octanol–water partition coefficient (Wildman–Crippen LogP) is 14.1. The number of nitrogens with zero attached hydrogens (tertiary/aromatic N) is 4. The summed E-state index contributed by atoms with van der Waals surface area (Å²) in [5.74, 6) is 0. The molecule has 9 aromatic carbocycles. The maximum absolute atomic E-state index is 2.48. The minimum Gasteiger partial charge on any atom is -0.309 e. The van der Waals surface area contributed by atoms with Crippen LogP contribution in [0.3, 0.4) is 0 Å². The van der Waals surface area contributed by atoms with E-state index in [-0.39, 0.29) is 0 Å². The molecule has 4 heteroatoms. The monoisotopic (exact) mass is 738 g/mol. The minimum absolute atomic E-state index is 1.13. The first-order valence-electron chi connectivity index (χ1n) is 20.0. The first-order chi connectivity index (χ1) is 28.8. The molecule has 0 fully saturated rings. The van der Waals surface area contributed by atoms with E-state index >= 15 is 0 Å². The van der Waals surface area contributed by atoms with Gasteiger partial charge >= 0.3 is 0 Å². The quantitative estimate of drug-likeness (QED) is 0.171. The van der Waals surface area contributed by atoms with E-state index in [4.69, 9.17) is 0 Å². The fraction of sp³-hybridized carbons (Fsp3) is 0. The molecule has 4 nitrogen and oxygen atoms in total. The predicted molar refractivity (Wildman–Crippen MR) is 244 cm³/mol. The molecule has 4 heterocycles. The lowest BCUT2D eigenvalue weighted by Crippen LogP contribution is -2.01. The Hall–Kier alpha value is -7.82. The molecule has 0 spiro atoms. The average Bonchev–Trinajstić information content (AvgIpc) is 4.01. The molecule has 270 valence electrons. The second kappa shape index (κ2) is 11.8. The van der Waals surface area contributed by atoms with E-state index in [9.17, 15) is 0 Å². The SMILES string of the molecule is c1ccc(-n2c3ccc(-n4c5ccccc5c5ccccc54)cc3c3cccc(-n4c5ccccc5c5cc(-n6c7ccccc7c7ccccc76)ccc54)c32)cc1. The Kier molecular flexibility index (Phi) is 6.41. The van der Waals surface area contributed by atoms with E-state index in [2.05, 4.69) is 225 Å². The lowest BCUT2D eigenvalue weighted by molar-refractivity contribution is 1.13. The van der Waals surface area contributed by atoms with Gasteiger partial charge in [0, 0.05) is 60.2 Å². The minimum atomic E-state index is 1.13. The van der Waals surface area contributed by atoms with Crippen molar-refractivity contribution in [3.05, 3.63) is 206 Å². The van der Waals surface area contributed by atoms with Gasteiger partial charge < -0.3 is 18.3 Å². The van der Waals surface area contributed by atoms with Crippen LogP contribution in [-0.4, -0.2) is 18.3 Å². The molecule has 13 aromatic rings. The van der Waals surface area contributed by atoms with Gasteiger partial charge in [-0.25, -0.2) is 0 Å². The maximum atomic E-state index is 2.48. The molecule has 13 rings (SSSR count). The van der Waals surface area contributed by atoms with Crippen LogP contribution < -0.4 is 0 Å². The van der Waals surface area contributed by atoms with Crippen LogP contribution in [0, 0.1) is 0 Å². The third-order valence-corrected chi connectivity index (χ3v) is 12.3. The molecular weight excluding hydrogens is 705 g/mol. The first kappa shape index (κ1) is 31.4. The van der Waals surface area contributed by atoms with Crippen molar-refractivity contribution >= 4 is 87.2 Å². The van der Waals surface area contributed by atoms with Gasteiger partial charge in [-0.15, -0.1) is 0 Å². The number of para-hydroxylation sites is 7. The Balaban J connectivity index is 1.10. The van der Waals surface area contributed by atoms with Crippen molar-refractivity contribution < 1.29 is 0 Å². The Morgan fingerprint density at radius 3 is 1.07 bits per heavy atom. The van der Waals surface area contributed by atoms with Crippen molar-refractivity contribution in [1.82, 2.24) is 18.3 Å². The van der Waals surface area contributed by atoms with Crippen molar-refractivity contribution in [2.24, 2.45) is 0 Å². The summed E-state index contributed by atoms with van der Waals surface area (Å²) in [4.78, 5) is 0. The summed E-state index contributed by atoms with van der Waals surface area (Å²) in [6.07, 6.45) is 0. The Morgan fingerprint density at radius 2 is 0.569 bits per heavy atom. The van der Waals surface area contributed by atoms with E-state index in [1.165, 1.54) is 87.2 Å². The van der Waals surface area contributed by atoms with Gasteiger partial charge in [-0.2, -0.15) is 0 Å². The lowest BCUT2D eigenvalue weighted by Gasteiger charge is -2.14. The van der Waals surface area contributed by atoms with Crippen LogP contribution in [0.1, 0.15) is 0 Å². The molecule has 0 aliphatic rings. The zero-order chi connectivity index (χ0) is 37.9. The van der Waals surface area contributed by atoms with Crippen molar-refractivity contribution in [3.8, 4) is 22.7 Å². The topological polar surface area (TPSA) is 19.7 Å². The second-order valence-corrected chi connectivity index (χ2v) is 15.3. The fourth-order valence-corrected chi connectivity index (χ4v) is 9.96. The lowest BCUT2D eigenvalue weighted by atomic mass is 10.1. The summed E-state index contributed by atoms with van der Waals surface area (Å²) in [6.45, 7) is 0. The van der Waals surface area contributed by atoms with Gasteiger partial charge in [-0.1, -0.05) is 121 Å². The average molecular weight is 739 g/mol. The normalized spacial score (nSPS) is 12.1. The van der Waals surface area contributed by atoms with Crippen LogP contribution in [0.25, 0.3) is 110 Å². The molecule has 0 radical (unpaired) electrons. The molecule has 0 N–H and O–H groups in total. The van der Waals surface area contributed by atoms with Crippen LogP contribution in [0.5, 0.6) is 0 Å². The molecule has 0 unspecified atom stereocenters. The van der Waals surface area contributed by atoms with Crippen LogP contribution in [0.15, 0.2) is 206 Å². The summed E-state index contributed by atoms with van der Waals surface area (Å²) in [5, 5.41) is 9.95. The molecule has 0 bridgehead atoms. The molecule has 0 saturated heterocycles. The molecule has 4 aromatic heterocycles. The molecule has 0 atom stereocenters. The van der Waals surface area contributed by atoms with Crippen molar-refractivity contribution in [3.63, 3.8) is 0 Å². The molecule has 58 heavy (non-hydrogen) atoms. The number of hydrogen-bond acceptors (Lipinski definition) is 0. The van der Waals surface area contributed by atoms with Gasteiger partial charge in [-0.05, 0) is 84.9 Å². The van der Waals surface area contributed by atoms with Crippen LogP contribution in [-0.2, 0) is 0 Å². The van der Waals surface area contributed by atoms with Gasteiger partial charge in [-0.3, -0.25) is 0 Å². The summed E-state index contributed by atoms with van der Waals surface area (Å²) in [6, 6.07) is 75.5. The van der Waals surface area contributed by atoms with Gasteiger partial charge in [0.05, 0.1) is 49.8 Å². The smallest absolute Gasteiger partial charge is 0.0782 e. The van der Waals surface area contributed by atoms with E-state index in [1.807, 2.05) is 0 Å². The summed E-state index contributed by atoms with van der Waals surface area (Å²) in [5.41, 5.74) is 14.1. The zero-order valence-corrected chi connectivity index (χ0v) is 31.4. The summed E-state index contributed by atoms with van der Waals surface area (Å²) < 4.78 is 9.78. The Morgan fingerprint density at radius 1 is 0.207 bits per heavy atom. The van der Waals surface area contributed by atoms with Crippen LogP contribution in [0.4, 0.5) is 0 Å². The number of rotatable bonds is 4. The number of fused-ring (bicyclic) bond motifs is 12. The van der Waals surface area contributed by atoms with Crippen LogP contribution in [0.2, 0.25) is 0 Å². The standard InChI is InChI=1S/C54H34N4/c1-2-15-35(16-3-1)57-51-31-29-37(56-48-25-11-6-19-40(48)41-20-7-12-26-49(41)56)34-45(51)43-22-14-28-53(54(43)57)58-50-27-13-8-21-42(50)44-33-36(30-32-52(44)58)55-46-23-9-4-17-38(46)39-18-5-10-24-47(39)55/h1-34H. The maximum Gasteiger partial charge on any atom is 0.0782 e. The third-order valence-electron chi connectivity index (χ3n) is 12.3. The highest BCUT2D eigenvalue weighted by Gasteiger charge is 2.22. The number of benzene rings is 9. The number of aromatic nitrogens is 4. The van der Waals surface area contributed by atoms with E-state index < -0.39 is 0 Å². The Bertz CT molecular complexity index is 3690. The van der Waals surface area contributed by atoms with E-state index in [1.54, 1.807) is 0 Å². The molecule has 0 saturated carbocycles. The highest BCUT2D eigenvalue weighted by molar-refractivity contribution is 6.17. The zero-order valence-electron chi connectivity index (χ0n) is 31.4. The van der Waals surface area contributed by atoms with Crippen LogP contribution >= 0.6 is 0 Å². The summed E-state index contributed by atoms with van der Waals surface area (Å²) in [7, 11) is 0. The van der Waals surface area contributed by atoms with Crippen molar-refractivity contribution in [2.45, 2.75) is 0 Å². The van der Waals surface area contributed by atoms with Crippen molar-refractivity contribution in [1.29, 1.82) is 0 Å².